The van der Waals surface area contributed by atoms with Crippen molar-refractivity contribution in [2.24, 2.45) is 11.7 Å². The van der Waals surface area contributed by atoms with Gasteiger partial charge in [-0.1, -0.05) is 26.0 Å². The first-order valence-electron chi connectivity index (χ1n) is 5.81. The number of primary amides is 1. The van der Waals surface area contributed by atoms with Crippen molar-refractivity contribution in [2.45, 2.75) is 39.7 Å². The molecule has 0 aliphatic carbocycles. The van der Waals surface area contributed by atoms with Gasteiger partial charge in [0.15, 0.2) is 5.69 Å². The van der Waals surface area contributed by atoms with Crippen LogP contribution in [0, 0.1) is 5.92 Å². The van der Waals surface area contributed by atoms with Crippen LogP contribution < -0.4 is 5.73 Å². The fourth-order valence-corrected chi connectivity index (χ4v) is 1.81. The normalized spacial score (nSPS) is 13.0. The Hall–Kier alpha value is -1.43. The zero-order chi connectivity index (χ0) is 13.0. The van der Waals surface area contributed by atoms with Crippen LogP contribution in [0.15, 0.2) is 0 Å². The lowest BCUT2D eigenvalue weighted by Crippen LogP contribution is -2.18. The Labute approximate surface area is 101 Å². The maximum Gasteiger partial charge on any atom is 0.271 e. The number of aromatic nitrogens is 3. The molecule has 1 aromatic rings. The minimum atomic E-state index is -0.547. The van der Waals surface area contributed by atoms with Crippen LogP contribution in [0.5, 0.6) is 0 Å². The summed E-state index contributed by atoms with van der Waals surface area (Å²) in [4.78, 5) is 11.2. The Bertz CT molecular complexity index is 387. The molecule has 0 bridgehead atoms. The number of amides is 1. The molecule has 1 aromatic heterocycles. The summed E-state index contributed by atoms with van der Waals surface area (Å²) >= 11 is 0. The zero-order valence-corrected chi connectivity index (χ0v) is 10.6. The van der Waals surface area contributed by atoms with Crippen molar-refractivity contribution in [2.75, 3.05) is 6.61 Å². The molecule has 0 aliphatic rings. The Morgan fingerprint density at radius 1 is 1.47 bits per heavy atom. The van der Waals surface area contributed by atoms with Gasteiger partial charge in [-0.3, -0.25) is 4.79 Å². The van der Waals surface area contributed by atoms with Gasteiger partial charge in [-0.15, -0.1) is 5.10 Å². The molecule has 0 aromatic carbocycles. The first-order chi connectivity index (χ1) is 7.97. The number of carbonyl (C=O) groups excluding carboxylic acids is 1. The topological polar surface area (TPSA) is 94.0 Å². The molecule has 6 heteroatoms. The molecule has 0 fully saturated rings. The van der Waals surface area contributed by atoms with Crippen LogP contribution in [0.2, 0.25) is 0 Å². The van der Waals surface area contributed by atoms with E-state index in [1.807, 2.05) is 20.8 Å². The van der Waals surface area contributed by atoms with Crippen molar-refractivity contribution < 1.29 is 9.90 Å². The van der Waals surface area contributed by atoms with E-state index in [4.69, 9.17) is 10.8 Å². The summed E-state index contributed by atoms with van der Waals surface area (Å²) in [5, 5.41) is 16.7. The molecule has 0 aliphatic heterocycles. The van der Waals surface area contributed by atoms with Gasteiger partial charge in [0.25, 0.3) is 5.91 Å². The van der Waals surface area contributed by atoms with Crippen LogP contribution >= 0.6 is 0 Å². The summed E-state index contributed by atoms with van der Waals surface area (Å²) in [6.07, 6.45) is 0.698. The second kappa shape index (κ2) is 5.77. The smallest absolute Gasteiger partial charge is 0.271 e. The molecule has 1 heterocycles. The van der Waals surface area contributed by atoms with Crippen molar-refractivity contribution in [3.8, 4) is 0 Å². The van der Waals surface area contributed by atoms with Crippen LogP contribution in [0.1, 0.15) is 49.3 Å². The van der Waals surface area contributed by atoms with Gasteiger partial charge < -0.3 is 10.8 Å². The molecule has 0 saturated carbocycles. The van der Waals surface area contributed by atoms with Gasteiger partial charge >= 0.3 is 0 Å². The van der Waals surface area contributed by atoms with E-state index >= 15 is 0 Å². The minimum absolute atomic E-state index is 0.133. The molecule has 1 unspecified atom stereocenters. The molecule has 6 nitrogen and oxygen atoms in total. The Morgan fingerprint density at radius 2 is 2.12 bits per heavy atom. The number of nitrogens with zero attached hydrogens (tertiary/aromatic N) is 3. The number of nitrogens with two attached hydrogens (primary N) is 1. The number of hydrogen-bond acceptors (Lipinski definition) is 4. The maximum atomic E-state index is 11.2. The fourth-order valence-electron chi connectivity index (χ4n) is 1.81. The minimum Gasteiger partial charge on any atom is -0.396 e. The van der Waals surface area contributed by atoms with E-state index in [0.29, 0.717) is 13.0 Å². The van der Waals surface area contributed by atoms with E-state index in [1.54, 1.807) is 4.68 Å². The second-order valence-electron chi connectivity index (χ2n) is 4.64. The van der Waals surface area contributed by atoms with E-state index in [0.717, 1.165) is 5.69 Å². The molecule has 96 valence electrons. The number of hydrogen-bond donors (Lipinski definition) is 2. The molecule has 3 N–H and O–H groups in total. The summed E-state index contributed by atoms with van der Waals surface area (Å²) in [7, 11) is 0. The highest BCUT2D eigenvalue weighted by Gasteiger charge is 2.20. The van der Waals surface area contributed by atoms with Crippen LogP contribution in [-0.4, -0.2) is 32.6 Å². The van der Waals surface area contributed by atoms with Gasteiger partial charge in [0.05, 0.1) is 5.69 Å². The standard InChI is InChI=1S/C11H20N4O2/c1-7(2)10-9(11(12)17)13-14-15(10)6-8(3)4-5-16/h7-8,16H,4-6H2,1-3H3,(H2,12,17). The lowest BCUT2D eigenvalue weighted by atomic mass is 10.1. The molecule has 17 heavy (non-hydrogen) atoms. The largest absolute Gasteiger partial charge is 0.396 e. The predicted octanol–water partition coefficient (Wildman–Crippen LogP) is 0.519. The number of rotatable bonds is 6. The predicted molar refractivity (Wildman–Crippen MR) is 63.5 cm³/mol. The fraction of sp³-hybridized carbons (Fsp3) is 0.727. The molecular formula is C11H20N4O2. The van der Waals surface area contributed by atoms with Crippen LogP contribution in [-0.2, 0) is 6.54 Å². The summed E-state index contributed by atoms with van der Waals surface area (Å²) in [6.45, 7) is 6.74. The van der Waals surface area contributed by atoms with Gasteiger partial charge in [0.2, 0.25) is 0 Å². The third kappa shape index (κ3) is 3.26. The molecule has 0 spiro atoms. The van der Waals surface area contributed by atoms with Gasteiger partial charge in [0.1, 0.15) is 0 Å². The summed E-state index contributed by atoms with van der Waals surface area (Å²) in [5.74, 6) is -0.136. The number of carbonyl (C=O) groups is 1. The van der Waals surface area contributed by atoms with E-state index in [2.05, 4.69) is 10.3 Å². The Balaban J connectivity index is 2.96. The van der Waals surface area contributed by atoms with E-state index < -0.39 is 5.91 Å². The zero-order valence-electron chi connectivity index (χ0n) is 10.6. The first-order valence-corrected chi connectivity index (χ1v) is 5.81. The highest BCUT2D eigenvalue weighted by Crippen LogP contribution is 2.18. The SMILES string of the molecule is CC(CCO)Cn1nnc(C(N)=O)c1C(C)C. The Kier molecular flexibility index (Phi) is 4.62. The Morgan fingerprint density at radius 3 is 2.59 bits per heavy atom. The van der Waals surface area contributed by atoms with Crippen LogP contribution in [0.4, 0.5) is 0 Å². The summed E-state index contributed by atoms with van der Waals surface area (Å²) in [6, 6.07) is 0. The number of aliphatic hydroxyl groups is 1. The first kappa shape index (κ1) is 13.6. The number of aliphatic hydroxyl groups excluding tert-OH is 1. The van der Waals surface area contributed by atoms with Crippen molar-refractivity contribution in [3.63, 3.8) is 0 Å². The van der Waals surface area contributed by atoms with Gasteiger partial charge in [-0.2, -0.15) is 0 Å². The van der Waals surface area contributed by atoms with Crippen LogP contribution in [0.3, 0.4) is 0 Å². The lowest BCUT2D eigenvalue weighted by molar-refractivity contribution is 0.0994. The molecule has 0 saturated heterocycles. The quantitative estimate of drug-likeness (QED) is 0.758. The van der Waals surface area contributed by atoms with Gasteiger partial charge in [0, 0.05) is 13.2 Å². The van der Waals surface area contributed by atoms with Crippen molar-refractivity contribution >= 4 is 5.91 Å². The van der Waals surface area contributed by atoms with E-state index in [9.17, 15) is 4.79 Å². The third-order valence-corrected chi connectivity index (χ3v) is 2.66. The summed E-state index contributed by atoms with van der Waals surface area (Å²) < 4.78 is 1.71. The van der Waals surface area contributed by atoms with Crippen molar-refractivity contribution in [1.82, 2.24) is 15.0 Å². The van der Waals surface area contributed by atoms with Crippen molar-refractivity contribution in [3.05, 3.63) is 11.4 Å². The average molecular weight is 240 g/mol. The van der Waals surface area contributed by atoms with Crippen LogP contribution in [0.25, 0.3) is 0 Å². The maximum absolute atomic E-state index is 11.2. The molecule has 0 radical (unpaired) electrons. The van der Waals surface area contributed by atoms with E-state index in [1.165, 1.54) is 0 Å². The molecule has 1 rings (SSSR count). The second-order valence-corrected chi connectivity index (χ2v) is 4.64. The van der Waals surface area contributed by atoms with Gasteiger partial charge in [-0.05, 0) is 18.3 Å². The molecular weight excluding hydrogens is 220 g/mol. The van der Waals surface area contributed by atoms with Gasteiger partial charge in [-0.25, -0.2) is 4.68 Å². The molecule has 1 amide bonds. The third-order valence-electron chi connectivity index (χ3n) is 2.66. The summed E-state index contributed by atoms with van der Waals surface area (Å²) in [5.41, 5.74) is 6.27. The van der Waals surface area contributed by atoms with Crippen molar-refractivity contribution in [1.29, 1.82) is 0 Å². The average Bonchev–Trinajstić information content (AvgIpc) is 2.61. The highest BCUT2D eigenvalue weighted by molar-refractivity contribution is 5.91. The highest BCUT2D eigenvalue weighted by atomic mass is 16.3. The molecule has 1 atom stereocenters. The lowest BCUT2D eigenvalue weighted by Gasteiger charge is -2.14. The monoisotopic (exact) mass is 240 g/mol. The van der Waals surface area contributed by atoms with E-state index in [-0.39, 0.29) is 24.1 Å².